The van der Waals surface area contributed by atoms with E-state index in [1.165, 1.54) is 0 Å². The number of aryl methyl sites for hydroxylation is 2. The van der Waals surface area contributed by atoms with E-state index in [0.717, 1.165) is 39.1 Å². The fraction of sp³-hybridized carbons (Fsp3) is 0.727. The van der Waals surface area contributed by atoms with Gasteiger partial charge in [0.2, 0.25) is 0 Å². The van der Waals surface area contributed by atoms with Crippen LogP contribution in [-0.2, 0) is 18.3 Å². The molecule has 1 rings (SSSR count). The summed E-state index contributed by atoms with van der Waals surface area (Å²) in [5, 5.41) is 3.27. The molecule has 0 spiro atoms. The first-order chi connectivity index (χ1) is 7.75. The number of aromatic nitrogens is 2. The van der Waals surface area contributed by atoms with E-state index in [9.17, 15) is 4.79 Å². The normalized spacial score (nSPS) is 10.9. The molecule has 0 aromatic carbocycles. The van der Waals surface area contributed by atoms with E-state index in [2.05, 4.69) is 5.32 Å². The first kappa shape index (κ1) is 13.0. The summed E-state index contributed by atoms with van der Waals surface area (Å²) >= 11 is 0. The molecule has 1 aromatic rings. The molecule has 0 atom stereocenters. The summed E-state index contributed by atoms with van der Waals surface area (Å²) in [6.45, 7) is 3.41. The topological polar surface area (TPSA) is 48.2 Å². The monoisotopic (exact) mass is 227 g/mol. The standard InChI is InChI=1S/C11H21N3O2/c1-13-8-9-14(11(13)15)7-4-3-5-12-6-10-16-2/h8-9,12H,3-7,10H2,1-2H3. The van der Waals surface area contributed by atoms with Crippen LogP contribution in [0.4, 0.5) is 0 Å². The predicted octanol–water partition coefficient (Wildman–Crippen LogP) is 0.203. The summed E-state index contributed by atoms with van der Waals surface area (Å²) < 4.78 is 8.26. The molecule has 16 heavy (non-hydrogen) atoms. The predicted molar refractivity (Wildman–Crippen MR) is 63.7 cm³/mol. The van der Waals surface area contributed by atoms with Crippen molar-refractivity contribution in [3.63, 3.8) is 0 Å². The molecule has 5 nitrogen and oxygen atoms in total. The third-order valence-electron chi connectivity index (χ3n) is 2.50. The zero-order valence-electron chi connectivity index (χ0n) is 10.1. The zero-order valence-corrected chi connectivity index (χ0v) is 10.1. The Morgan fingerprint density at radius 3 is 2.75 bits per heavy atom. The number of ether oxygens (including phenoxy) is 1. The van der Waals surface area contributed by atoms with Crippen LogP contribution in [0.5, 0.6) is 0 Å². The van der Waals surface area contributed by atoms with Gasteiger partial charge >= 0.3 is 5.69 Å². The van der Waals surface area contributed by atoms with Crippen molar-refractivity contribution in [2.45, 2.75) is 19.4 Å². The van der Waals surface area contributed by atoms with Crippen molar-refractivity contribution < 1.29 is 4.74 Å². The van der Waals surface area contributed by atoms with Gasteiger partial charge in [-0.2, -0.15) is 0 Å². The van der Waals surface area contributed by atoms with Gasteiger partial charge in [0.25, 0.3) is 0 Å². The van der Waals surface area contributed by atoms with E-state index < -0.39 is 0 Å². The molecule has 0 aliphatic heterocycles. The Hall–Kier alpha value is -1.07. The first-order valence-electron chi connectivity index (χ1n) is 5.67. The second-order valence-electron chi connectivity index (χ2n) is 3.83. The number of methoxy groups -OCH3 is 1. The second-order valence-corrected chi connectivity index (χ2v) is 3.83. The maximum atomic E-state index is 11.5. The van der Waals surface area contributed by atoms with E-state index >= 15 is 0 Å². The molecule has 0 fully saturated rings. The summed E-state index contributed by atoms with van der Waals surface area (Å²) in [5.41, 5.74) is 0.0624. The minimum atomic E-state index is 0.0624. The number of rotatable bonds is 8. The summed E-state index contributed by atoms with van der Waals surface area (Å²) in [4.78, 5) is 11.5. The van der Waals surface area contributed by atoms with Gasteiger partial charge in [0.15, 0.2) is 0 Å². The molecular weight excluding hydrogens is 206 g/mol. The Morgan fingerprint density at radius 1 is 1.31 bits per heavy atom. The molecule has 5 heteroatoms. The fourth-order valence-corrected chi connectivity index (χ4v) is 1.51. The maximum Gasteiger partial charge on any atom is 0.327 e. The van der Waals surface area contributed by atoms with Crippen LogP contribution in [0.3, 0.4) is 0 Å². The van der Waals surface area contributed by atoms with Crippen LogP contribution < -0.4 is 11.0 Å². The molecule has 1 N–H and O–H groups in total. The highest BCUT2D eigenvalue weighted by molar-refractivity contribution is 4.79. The highest BCUT2D eigenvalue weighted by atomic mass is 16.5. The third-order valence-corrected chi connectivity index (χ3v) is 2.50. The molecule has 0 saturated heterocycles. The van der Waals surface area contributed by atoms with Crippen LogP contribution in [0.1, 0.15) is 12.8 Å². The average molecular weight is 227 g/mol. The highest BCUT2D eigenvalue weighted by Crippen LogP contribution is 1.92. The lowest BCUT2D eigenvalue weighted by molar-refractivity contribution is 0.199. The van der Waals surface area contributed by atoms with Gasteiger partial charge in [-0.3, -0.25) is 4.57 Å². The fourth-order valence-electron chi connectivity index (χ4n) is 1.51. The lowest BCUT2D eigenvalue weighted by atomic mass is 10.3. The number of unbranched alkanes of at least 4 members (excludes halogenated alkanes) is 1. The number of imidazole rings is 1. The van der Waals surface area contributed by atoms with Crippen molar-refractivity contribution in [1.82, 2.24) is 14.5 Å². The largest absolute Gasteiger partial charge is 0.383 e. The smallest absolute Gasteiger partial charge is 0.327 e. The number of nitrogens with one attached hydrogen (secondary N) is 1. The van der Waals surface area contributed by atoms with E-state index in [0.29, 0.717) is 0 Å². The van der Waals surface area contributed by atoms with Crippen LogP contribution >= 0.6 is 0 Å². The molecule has 0 amide bonds. The van der Waals surface area contributed by atoms with E-state index in [4.69, 9.17) is 4.74 Å². The Kier molecular flexibility index (Phi) is 5.88. The van der Waals surface area contributed by atoms with Crippen LogP contribution in [0.15, 0.2) is 17.2 Å². The van der Waals surface area contributed by atoms with Crippen LogP contribution in [0.25, 0.3) is 0 Å². The van der Waals surface area contributed by atoms with E-state index in [1.54, 1.807) is 29.5 Å². The molecule has 0 radical (unpaired) electrons. The summed E-state index contributed by atoms with van der Waals surface area (Å²) in [7, 11) is 3.47. The van der Waals surface area contributed by atoms with Gasteiger partial charge in [-0.15, -0.1) is 0 Å². The Bertz CT molecular complexity index is 343. The van der Waals surface area contributed by atoms with Gasteiger partial charge < -0.3 is 14.6 Å². The molecule has 0 aliphatic rings. The molecule has 0 unspecified atom stereocenters. The number of hydrogen-bond donors (Lipinski definition) is 1. The van der Waals surface area contributed by atoms with E-state index in [-0.39, 0.29) is 5.69 Å². The van der Waals surface area contributed by atoms with Crippen LogP contribution in [0, 0.1) is 0 Å². The minimum Gasteiger partial charge on any atom is -0.383 e. The lowest BCUT2D eigenvalue weighted by Gasteiger charge is -2.04. The lowest BCUT2D eigenvalue weighted by Crippen LogP contribution is -2.23. The van der Waals surface area contributed by atoms with Crippen molar-refractivity contribution in [1.29, 1.82) is 0 Å². The number of hydrogen-bond acceptors (Lipinski definition) is 3. The Morgan fingerprint density at radius 2 is 2.12 bits per heavy atom. The van der Waals surface area contributed by atoms with E-state index in [1.807, 2.05) is 6.20 Å². The SMILES string of the molecule is COCCNCCCCn1ccn(C)c1=O. The van der Waals surface area contributed by atoms with Crippen molar-refractivity contribution in [3.05, 3.63) is 22.9 Å². The van der Waals surface area contributed by atoms with Gasteiger partial charge in [0.05, 0.1) is 6.61 Å². The van der Waals surface area contributed by atoms with Crippen molar-refractivity contribution in [2.75, 3.05) is 26.8 Å². The highest BCUT2D eigenvalue weighted by Gasteiger charge is 1.98. The molecule has 1 heterocycles. The van der Waals surface area contributed by atoms with Crippen LogP contribution in [0.2, 0.25) is 0 Å². The maximum absolute atomic E-state index is 11.5. The molecule has 0 aliphatic carbocycles. The molecule has 0 saturated carbocycles. The second kappa shape index (κ2) is 7.24. The zero-order chi connectivity index (χ0) is 11.8. The minimum absolute atomic E-state index is 0.0624. The molecule has 0 bridgehead atoms. The van der Waals surface area contributed by atoms with Gasteiger partial charge in [-0.25, -0.2) is 4.79 Å². The number of nitrogens with zero attached hydrogens (tertiary/aromatic N) is 2. The Labute approximate surface area is 96.0 Å². The van der Waals surface area contributed by atoms with Gasteiger partial charge in [-0.1, -0.05) is 0 Å². The van der Waals surface area contributed by atoms with Gasteiger partial charge in [-0.05, 0) is 19.4 Å². The third kappa shape index (κ3) is 4.20. The van der Waals surface area contributed by atoms with Crippen molar-refractivity contribution in [2.24, 2.45) is 7.05 Å². The average Bonchev–Trinajstić information content (AvgIpc) is 2.59. The van der Waals surface area contributed by atoms with Crippen molar-refractivity contribution >= 4 is 0 Å². The van der Waals surface area contributed by atoms with Crippen molar-refractivity contribution in [3.8, 4) is 0 Å². The summed E-state index contributed by atoms with van der Waals surface area (Å²) in [6.07, 6.45) is 5.72. The molecule has 92 valence electrons. The summed E-state index contributed by atoms with van der Waals surface area (Å²) in [6, 6.07) is 0. The first-order valence-corrected chi connectivity index (χ1v) is 5.67. The van der Waals surface area contributed by atoms with Crippen LogP contribution in [-0.4, -0.2) is 35.9 Å². The quantitative estimate of drug-likeness (QED) is 0.646. The summed E-state index contributed by atoms with van der Waals surface area (Å²) in [5.74, 6) is 0. The molecular formula is C11H21N3O2. The van der Waals surface area contributed by atoms with Gasteiger partial charge in [0, 0.05) is 39.6 Å². The Balaban J connectivity index is 2.07. The molecule has 1 aromatic heterocycles. The van der Waals surface area contributed by atoms with Gasteiger partial charge in [0.1, 0.15) is 0 Å².